The Kier molecular flexibility index (Phi) is 7.07. The molecular weight excluding hydrogens is 360 g/mol. The highest BCUT2D eigenvalue weighted by Gasteiger charge is 2.43. The van der Waals surface area contributed by atoms with Crippen LogP contribution in [0, 0.1) is 11.3 Å². The Morgan fingerprint density at radius 1 is 1.39 bits per heavy atom. The fourth-order valence-corrected chi connectivity index (χ4v) is 3.75. The SMILES string of the molecule is CCCO[C@@H]1C[C@@H](C(=O)NCCc2ncc[nH]2)CC[C@H]1NC(=O)C1(C)COC1. The van der Waals surface area contributed by atoms with E-state index in [1.807, 2.05) is 6.92 Å². The highest BCUT2D eigenvalue weighted by molar-refractivity contribution is 5.83. The number of hydrogen-bond acceptors (Lipinski definition) is 5. The second-order valence-electron chi connectivity index (χ2n) is 8.13. The molecule has 8 nitrogen and oxygen atoms in total. The lowest BCUT2D eigenvalue weighted by atomic mass is 9.81. The fraction of sp³-hybridized carbons (Fsp3) is 0.750. The number of nitrogens with zero attached hydrogens (tertiary/aromatic N) is 1. The van der Waals surface area contributed by atoms with Gasteiger partial charge >= 0.3 is 0 Å². The quantitative estimate of drug-likeness (QED) is 0.585. The fourth-order valence-electron chi connectivity index (χ4n) is 3.75. The molecule has 1 aliphatic heterocycles. The van der Waals surface area contributed by atoms with E-state index in [0.717, 1.165) is 25.1 Å². The molecule has 3 N–H and O–H groups in total. The number of nitrogens with one attached hydrogen (secondary N) is 3. The minimum Gasteiger partial charge on any atom is -0.379 e. The van der Waals surface area contributed by atoms with Gasteiger partial charge in [-0.05, 0) is 32.6 Å². The van der Waals surface area contributed by atoms with Crippen molar-refractivity contribution < 1.29 is 19.1 Å². The van der Waals surface area contributed by atoms with Crippen LogP contribution in [0.5, 0.6) is 0 Å². The summed E-state index contributed by atoms with van der Waals surface area (Å²) in [6.07, 6.45) is 7.05. The van der Waals surface area contributed by atoms with Crippen molar-refractivity contribution in [1.82, 2.24) is 20.6 Å². The molecule has 0 radical (unpaired) electrons. The van der Waals surface area contributed by atoms with Crippen LogP contribution in [0.15, 0.2) is 12.4 Å². The van der Waals surface area contributed by atoms with E-state index in [-0.39, 0.29) is 29.9 Å². The zero-order chi connectivity index (χ0) is 20.0. The average Bonchev–Trinajstić information content (AvgIpc) is 3.18. The predicted molar refractivity (Wildman–Crippen MR) is 104 cm³/mol. The van der Waals surface area contributed by atoms with Crippen LogP contribution < -0.4 is 10.6 Å². The van der Waals surface area contributed by atoms with E-state index in [0.29, 0.717) is 39.2 Å². The Morgan fingerprint density at radius 2 is 2.21 bits per heavy atom. The molecular formula is C20H32N4O4. The first kappa shape index (κ1) is 20.8. The van der Waals surface area contributed by atoms with Crippen LogP contribution in [0.25, 0.3) is 0 Å². The standard InChI is InChI=1S/C20H32N4O4/c1-3-10-28-16-11-14(18(25)23-7-6-17-21-8-9-22-17)4-5-15(16)24-19(26)20(2)12-27-13-20/h8-9,14-16H,3-7,10-13H2,1-2H3,(H,21,22)(H,23,25)(H,24,26)/t14-,15+,16+/m0/s1. The van der Waals surface area contributed by atoms with Gasteiger partial charge in [-0.15, -0.1) is 0 Å². The van der Waals surface area contributed by atoms with E-state index in [9.17, 15) is 9.59 Å². The maximum absolute atomic E-state index is 12.6. The molecule has 2 fully saturated rings. The predicted octanol–water partition coefficient (Wildman–Crippen LogP) is 1.19. The van der Waals surface area contributed by atoms with Gasteiger partial charge in [-0.1, -0.05) is 6.92 Å². The van der Waals surface area contributed by atoms with Gasteiger partial charge in [-0.25, -0.2) is 4.98 Å². The molecule has 1 aliphatic carbocycles. The zero-order valence-electron chi connectivity index (χ0n) is 16.8. The number of rotatable bonds is 9. The molecule has 28 heavy (non-hydrogen) atoms. The molecule has 2 amide bonds. The Bertz CT molecular complexity index is 645. The van der Waals surface area contributed by atoms with Crippen molar-refractivity contribution in [2.45, 2.75) is 58.1 Å². The van der Waals surface area contributed by atoms with Gasteiger partial charge in [-0.2, -0.15) is 0 Å². The summed E-state index contributed by atoms with van der Waals surface area (Å²) >= 11 is 0. The Balaban J connectivity index is 1.50. The molecule has 3 atom stereocenters. The first-order valence-corrected chi connectivity index (χ1v) is 10.3. The molecule has 1 saturated carbocycles. The van der Waals surface area contributed by atoms with Gasteiger partial charge in [0, 0.05) is 37.9 Å². The van der Waals surface area contributed by atoms with Gasteiger partial charge < -0.3 is 25.1 Å². The second-order valence-corrected chi connectivity index (χ2v) is 8.13. The van der Waals surface area contributed by atoms with Gasteiger partial charge in [-0.3, -0.25) is 9.59 Å². The number of ether oxygens (including phenoxy) is 2. The number of imidazole rings is 1. The lowest BCUT2D eigenvalue weighted by molar-refractivity contribution is -0.160. The van der Waals surface area contributed by atoms with Gasteiger partial charge in [0.2, 0.25) is 11.8 Å². The van der Waals surface area contributed by atoms with Crippen LogP contribution in [0.3, 0.4) is 0 Å². The van der Waals surface area contributed by atoms with Crippen molar-refractivity contribution in [1.29, 1.82) is 0 Å². The van der Waals surface area contributed by atoms with Crippen LogP contribution in [-0.4, -0.2) is 60.3 Å². The number of hydrogen-bond donors (Lipinski definition) is 3. The lowest BCUT2D eigenvalue weighted by Crippen LogP contribution is -2.58. The molecule has 2 aliphatic rings. The van der Waals surface area contributed by atoms with Gasteiger partial charge in [0.15, 0.2) is 0 Å². The molecule has 3 rings (SSSR count). The topological polar surface area (TPSA) is 105 Å². The Labute approximate surface area is 166 Å². The first-order valence-electron chi connectivity index (χ1n) is 10.3. The summed E-state index contributed by atoms with van der Waals surface area (Å²) in [4.78, 5) is 32.4. The summed E-state index contributed by atoms with van der Waals surface area (Å²) in [5.41, 5.74) is -0.435. The van der Waals surface area contributed by atoms with E-state index in [2.05, 4.69) is 27.5 Å². The van der Waals surface area contributed by atoms with Gasteiger partial charge in [0.1, 0.15) is 5.82 Å². The van der Waals surface area contributed by atoms with Crippen molar-refractivity contribution in [2.75, 3.05) is 26.4 Å². The highest BCUT2D eigenvalue weighted by Crippen LogP contribution is 2.30. The van der Waals surface area contributed by atoms with Crippen LogP contribution in [0.1, 0.15) is 45.4 Å². The van der Waals surface area contributed by atoms with Crippen molar-refractivity contribution in [3.8, 4) is 0 Å². The number of H-pyrrole nitrogens is 1. The van der Waals surface area contributed by atoms with Crippen molar-refractivity contribution in [3.05, 3.63) is 18.2 Å². The van der Waals surface area contributed by atoms with E-state index >= 15 is 0 Å². The summed E-state index contributed by atoms with van der Waals surface area (Å²) in [5.74, 6) is 0.856. The smallest absolute Gasteiger partial charge is 0.230 e. The van der Waals surface area contributed by atoms with Crippen molar-refractivity contribution in [3.63, 3.8) is 0 Å². The third kappa shape index (κ3) is 5.11. The van der Waals surface area contributed by atoms with Crippen LogP contribution in [-0.2, 0) is 25.5 Å². The minimum atomic E-state index is -0.435. The summed E-state index contributed by atoms with van der Waals surface area (Å²) in [6, 6.07) is -0.0522. The molecule has 0 bridgehead atoms. The molecule has 1 aromatic rings. The third-order valence-electron chi connectivity index (χ3n) is 5.62. The molecule has 1 saturated heterocycles. The van der Waals surface area contributed by atoms with E-state index < -0.39 is 5.41 Å². The Morgan fingerprint density at radius 3 is 2.86 bits per heavy atom. The van der Waals surface area contributed by atoms with Crippen LogP contribution in [0.4, 0.5) is 0 Å². The largest absolute Gasteiger partial charge is 0.379 e. The van der Waals surface area contributed by atoms with E-state index in [4.69, 9.17) is 9.47 Å². The molecule has 0 aromatic carbocycles. The molecule has 0 unspecified atom stereocenters. The molecule has 156 valence electrons. The van der Waals surface area contributed by atoms with Crippen LogP contribution >= 0.6 is 0 Å². The zero-order valence-corrected chi connectivity index (χ0v) is 16.8. The maximum Gasteiger partial charge on any atom is 0.230 e. The summed E-state index contributed by atoms with van der Waals surface area (Å²) in [6.45, 7) is 6.10. The van der Waals surface area contributed by atoms with E-state index in [1.165, 1.54) is 0 Å². The molecule has 8 heteroatoms. The van der Waals surface area contributed by atoms with Crippen molar-refractivity contribution >= 4 is 11.8 Å². The summed E-state index contributed by atoms with van der Waals surface area (Å²) < 4.78 is 11.2. The number of carbonyl (C=O) groups excluding carboxylic acids is 2. The second kappa shape index (κ2) is 9.52. The molecule has 2 heterocycles. The first-order chi connectivity index (χ1) is 13.5. The normalized spacial score (nSPS) is 26.3. The number of amides is 2. The van der Waals surface area contributed by atoms with Gasteiger partial charge in [0.05, 0.1) is 30.8 Å². The summed E-state index contributed by atoms with van der Waals surface area (Å²) in [5, 5.41) is 6.16. The number of aromatic nitrogens is 2. The number of aromatic amines is 1. The third-order valence-corrected chi connectivity index (χ3v) is 5.62. The van der Waals surface area contributed by atoms with Crippen molar-refractivity contribution in [2.24, 2.45) is 11.3 Å². The summed E-state index contributed by atoms with van der Waals surface area (Å²) in [7, 11) is 0. The minimum absolute atomic E-state index is 0.0233. The number of carbonyl (C=O) groups is 2. The molecule has 0 spiro atoms. The van der Waals surface area contributed by atoms with Crippen LogP contribution in [0.2, 0.25) is 0 Å². The maximum atomic E-state index is 12.6. The Hall–Kier alpha value is -1.93. The average molecular weight is 393 g/mol. The molecule has 1 aromatic heterocycles. The van der Waals surface area contributed by atoms with E-state index in [1.54, 1.807) is 12.4 Å². The monoisotopic (exact) mass is 392 g/mol. The van der Waals surface area contributed by atoms with Gasteiger partial charge in [0.25, 0.3) is 0 Å². The lowest BCUT2D eigenvalue weighted by Gasteiger charge is -2.41. The highest BCUT2D eigenvalue weighted by atomic mass is 16.5.